The van der Waals surface area contributed by atoms with E-state index >= 15 is 0 Å². The summed E-state index contributed by atoms with van der Waals surface area (Å²) in [6.07, 6.45) is 3.63. The van der Waals surface area contributed by atoms with Crippen LogP contribution in [0.25, 0.3) is 0 Å². The molecule has 0 unspecified atom stereocenters. The molecule has 0 rings (SSSR count). The highest BCUT2D eigenvalue weighted by atomic mass is 14.9. The molecule has 0 aromatic heterocycles. The van der Waals surface area contributed by atoms with E-state index in [1.54, 1.807) is 6.08 Å². The first-order chi connectivity index (χ1) is 5.76. The fourth-order valence-corrected chi connectivity index (χ4v) is 0.673. The Morgan fingerprint density at radius 2 is 1.75 bits per heavy atom. The molecular formula is C11H21N. The predicted molar refractivity (Wildman–Crippen MR) is 58.1 cm³/mol. The van der Waals surface area contributed by atoms with Crippen LogP contribution in [0.15, 0.2) is 36.6 Å². The van der Waals surface area contributed by atoms with Crippen LogP contribution in [-0.2, 0) is 0 Å². The van der Waals surface area contributed by atoms with E-state index in [2.05, 4.69) is 25.4 Å². The molecule has 0 aromatic carbocycles. The van der Waals surface area contributed by atoms with E-state index in [-0.39, 0.29) is 0 Å². The van der Waals surface area contributed by atoms with Gasteiger partial charge in [0.1, 0.15) is 0 Å². The summed E-state index contributed by atoms with van der Waals surface area (Å²) >= 11 is 0. The molecule has 12 heavy (non-hydrogen) atoms. The largest absolute Gasteiger partial charge is 0.385 e. The molecule has 0 saturated heterocycles. The maximum absolute atomic E-state index is 3.68. The molecule has 0 aliphatic rings. The third-order valence-corrected chi connectivity index (χ3v) is 1.30. The number of hydrogen-bond acceptors (Lipinski definition) is 1. The Kier molecular flexibility index (Phi) is 11.4. The van der Waals surface area contributed by atoms with Crippen LogP contribution >= 0.6 is 0 Å². The number of allylic oxidation sites excluding steroid dienone is 3. The minimum atomic E-state index is 0.923. The van der Waals surface area contributed by atoms with E-state index in [1.807, 2.05) is 26.8 Å². The fourth-order valence-electron chi connectivity index (χ4n) is 0.673. The van der Waals surface area contributed by atoms with Gasteiger partial charge in [0.25, 0.3) is 0 Å². The van der Waals surface area contributed by atoms with E-state index in [0.717, 1.165) is 17.8 Å². The lowest BCUT2D eigenvalue weighted by molar-refractivity contribution is 0.870. The van der Waals surface area contributed by atoms with Crippen molar-refractivity contribution in [3.63, 3.8) is 0 Å². The SMILES string of the molecule is C=C/C(C)=C(\C=C)NCC.CC. The van der Waals surface area contributed by atoms with Gasteiger partial charge in [-0.3, -0.25) is 0 Å². The molecule has 1 heteroatoms. The van der Waals surface area contributed by atoms with Crippen LogP contribution in [-0.4, -0.2) is 6.54 Å². The summed E-state index contributed by atoms with van der Waals surface area (Å²) in [4.78, 5) is 0. The normalized spacial score (nSPS) is 10.3. The van der Waals surface area contributed by atoms with Crippen LogP contribution in [0.3, 0.4) is 0 Å². The van der Waals surface area contributed by atoms with Crippen LogP contribution in [0, 0.1) is 0 Å². The first-order valence-electron chi connectivity index (χ1n) is 4.45. The Morgan fingerprint density at radius 1 is 1.25 bits per heavy atom. The molecule has 0 radical (unpaired) electrons. The Bertz CT molecular complexity index is 154. The van der Waals surface area contributed by atoms with Crippen LogP contribution in [0.5, 0.6) is 0 Å². The molecule has 0 aromatic rings. The first kappa shape index (κ1) is 13.6. The van der Waals surface area contributed by atoms with Crippen molar-refractivity contribution < 1.29 is 0 Å². The van der Waals surface area contributed by atoms with Crippen molar-refractivity contribution in [2.24, 2.45) is 0 Å². The monoisotopic (exact) mass is 167 g/mol. The molecule has 0 atom stereocenters. The summed E-state index contributed by atoms with van der Waals surface area (Å²) < 4.78 is 0. The van der Waals surface area contributed by atoms with Crippen molar-refractivity contribution >= 4 is 0 Å². The molecule has 0 saturated carbocycles. The van der Waals surface area contributed by atoms with Gasteiger partial charge in [0.2, 0.25) is 0 Å². The zero-order valence-electron chi connectivity index (χ0n) is 8.78. The molecule has 1 nitrogen and oxygen atoms in total. The first-order valence-corrected chi connectivity index (χ1v) is 4.45. The van der Waals surface area contributed by atoms with Crippen LogP contribution in [0.1, 0.15) is 27.7 Å². The Balaban J connectivity index is 0. The van der Waals surface area contributed by atoms with Crippen molar-refractivity contribution in [3.8, 4) is 0 Å². The molecule has 0 spiro atoms. The third-order valence-electron chi connectivity index (χ3n) is 1.30. The van der Waals surface area contributed by atoms with E-state index in [4.69, 9.17) is 0 Å². The minimum Gasteiger partial charge on any atom is -0.385 e. The lowest BCUT2D eigenvalue weighted by Gasteiger charge is -2.05. The molecule has 0 aliphatic carbocycles. The Labute approximate surface area is 76.9 Å². The number of rotatable bonds is 4. The van der Waals surface area contributed by atoms with Crippen molar-refractivity contribution in [2.45, 2.75) is 27.7 Å². The minimum absolute atomic E-state index is 0.923. The second-order valence-electron chi connectivity index (χ2n) is 2.04. The fraction of sp³-hybridized carbons (Fsp3) is 0.455. The molecule has 0 heterocycles. The maximum atomic E-state index is 3.68. The van der Waals surface area contributed by atoms with Gasteiger partial charge in [-0.1, -0.05) is 33.1 Å². The molecule has 0 aliphatic heterocycles. The van der Waals surface area contributed by atoms with Crippen molar-refractivity contribution in [1.82, 2.24) is 5.32 Å². The average molecular weight is 167 g/mol. The van der Waals surface area contributed by atoms with Gasteiger partial charge in [0.05, 0.1) is 0 Å². The molecule has 0 amide bonds. The van der Waals surface area contributed by atoms with E-state index < -0.39 is 0 Å². The molecule has 0 fully saturated rings. The summed E-state index contributed by atoms with van der Waals surface area (Å²) in [5, 5.41) is 3.17. The van der Waals surface area contributed by atoms with Gasteiger partial charge in [-0.15, -0.1) is 0 Å². The zero-order valence-corrected chi connectivity index (χ0v) is 8.78. The predicted octanol–water partition coefficient (Wildman–Crippen LogP) is 3.27. The van der Waals surface area contributed by atoms with Crippen molar-refractivity contribution in [3.05, 3.63) is 36.6 Å². The highest BCUT2D eigenvalue weighted by Crippen LogP contribution is 2.01. The quantitative estimate of drug-likeness (QED) is 0.634. The molecular weight excluding hydrogens is 146 g/mol. The lowest BCUT2D eigenvalue weighted by atomic mass is 10.2. The summed E-state index contributed by atoms with van der Waals surface area (Å²) in [6, 6.07) is 0. The standard InChI is InChI=1S/C9H15N.C2H6/c1-5-8(4)9(6-2)10-7-3;1-2/h5-6,10H,1-2,7H2,3-4H3;1-2H3/b9-8+;. The highest BCUT2D eigenvalue weighted by molar-refractivity contribution is 5.27. The number of hydrogen-bond donors (Lipinski definition) is 1. The lowest BCUT2D eigenvalue weighted by Crippen LogP contribution is -2.11. The van der Waals surface area contributed by atoms with Gasteiger partial charge in [-0.25, -0.2) is 0 Å². The second-order valence-corrected chi connectivity index (χ2v) is 2.04. The summed E-state index contributed by atoms with van der Waals surface area (Å²) in [5.74, 6) is 0. The van der Waals surface area contributed by atoms with Gasteiger partial charge in [0.15, 0.2) is 0 Å². The van der Waals surface area contributed by atoms with Gasteiger partial charge in [0, 0.05) is 12.2 Å². The summed E-state index contributed by atoms with van der Waals surface area (Å²) in [6.45, 7) is 16.3. The molecule has 70 valence electrons. The smallest absolute Gasteiger partial charge is 0.0363 e. The highest BCUT2D eigenvalue weighted by Gasteiger charge is 1.90. The van der Waals surface area contributed by atoms with Crippen molar-refractivity contribution in [1.29, 1.82) is 0 Å². The number of likely N-dealkylation sites (N-methyl/N-ethyl adjacent to an activating group) is 1. The van der Waals surface area contributed by atoms with Crippen LogP contribution in [0.4, 0.5) is 0 Å². The zero-order chi connectivity index (χ0) is 9.98. The second kappa shape index (κ2) is 10.0. The van der Waals surface area contributed by atoms with Crippen LogP contribution < -0.4 is 5.32 Å². The van der Waals surface area contributed by atoms with Crippen molar-refractivity contribution in [2.75, 3.05) is 6.54 Å². The third kappa shape index (κ3) is 5.78. The van der Waals surface area contributed by atoms with Gasteiger partial charge in [-0.05, 0) is 25.5 Å². The summed E-state index contributed by atoms with van der Waals surface area (Å²) in [7, 11) is 0. The van der Waals surface area contributed by atoms with Crippen LogP contribution in [0.2, 0.25) is 0 Å². The van der Waals surface area contributed by atoms with E-state index in [9.17, 15) is 0 Å². The molecule has 1 N–H and O–H groups in total. The maximum Gasteiger partial charge on any atom is 0.0363 e. The van der Waals surface area contributed by atoms with Gasteiger partial charge in [-0.2, -0.15) is 0 Å². The Morgan fingerprint density at radius 3 is 2.00 bits per heavy atom. The molecule has 0 bridgehead atoms. The number of nitrogens with one attached hydrogen (secondary N) is 1. The van der Waals surface area contributed by atoms with E-state index in [1.165, 1.54) is 0 Å². The topological polar surface area (TPSA) is 12.0 Å². The van der Waals surface area contributed by atoms with Gasteiger partial charge >= 0.3 is 0 Å². The van der Waals surface area contributed by atoms with E-state index in [0.29, 0.717) is 0 Å². The van der Waals surface area contributed by atoms with Gasteiger partial charge < -0.3 is 5.32 Å². The Hall–Kier alpha value is -0.980. The summed E-state index contributed by atoms with van der Waals surface area (Å²) in [5.41, 5.74) is 2.20. The average Bonchev–Trinajstić information content (AvgIpc) is 2.16.